The molecule has 0 heterocycles. The smallest absolute Gasteiger partial charge is 0.848 e. The maximum Gasteiger partial charge on any atom is 3.00 e. The SMILES string of the molecule is O.O.O.O=C([O-])[C@H]([O-])[C@@H]([O-])C(=O)[O-].O=C([O-])[C@H]([O-])[C@@H]([O-])C(=O)[O-].[K+].[K+].[Sb+3].[Sb+3]. The van der Waals surface area contributed by atoms with Crippen molar-refractivity contribution in [3.05, 3.63) is 0 Å². The fourth-order valence-electron chi connectivity index (χ4n) is 0.494. The van der Waals surface area contributed by atoms with Crippen LogP contribution in [-0.2, 0) is 19.2 Å². The summed E-state index contributed by atoms with van der Waals surface area (Å²) in [5.74, 6) is -8.93. The van der Waals surface area contributed by atoms with Crippen molar-refractivity contribution in [1.29, 1.82) is 0 Å². The van der Waals surface area contributed by atoms with Crippen LogP contribution in [0.5, 0.6) is 0 Å². The normalized spacial score (nSPS) is 11.7. The molecule has 0 saturated carbocycles. The third-order valence-electron chi connectivity index (χ3n) is 1.48. The van der Waals surface area contributed by atoms with Gasteiger partial charge in [-0.3, -0.25) is 0 Å². The van der Waals surface area contributed by atoms with Gasteiger partial charge in [0.15, 0.2) is 0 Å². The Morgan fingerprint density at radius 1 is 0.444 bits per heavy atom. The first-order valence-corrected chi connectivity index (χ1v) is 4.40. The first kappa shape index (κ1) is 57.0. The van der Waals surface area contributed by atoms with Crippen LogP contribution in [0.2, 0.25) is 0 Å². The van der Waals surface area contributed by atoms with E-state index in [1.165, 1.54) is 0 Å². The minimum atomic E-state index is -2.80. The molecule has 6 N–H and O–H groups in total. The number of rotatable bonds is 6. The standard InChI is InChI=1S/2C4H4O6.2K.3H2O.2Sb/c2*5-1(3(7)8)2(6)4(9)10;;;;;;;/h2*1-2H,(H,7,8)(H,9,10);;;3*1H2;;/q2*-2;2*+1;;;;2*+3/p-4/t2*1-,2-;;;;;;;/m11......./s1. The summed E-state index contributed by atoms with van der Waals surface area (Å²) < 4.78 is 0. The summed E-state index contributed by atoms with van der Waals surface area (Å²) in [6, 6.07) is 0. The number of carbonyl (C=O) groups excluding carboxylic acids is 4. The zero-order valence-electron chi connectivity index (χ0n) is 13.6. The van der Waals surface area contributed by atoms with Crippen molar-refractivity contribution in [2.75, 3.05) is 0 Å². The molecule has 0 aromatic heterocycles. The van der Waals surface area contributed by atoms with Crippen molar-refractivity contribution in [3.8, 4) is 0 Å². The number of carbonyl (C=O) groups is 4. The van der Waals surface area contributed by atoms with Crippen LogP contribution in [-0.4, -0.2) is 114 Å². The summed E-state index contributed by atoms with van der Waals surface area (Å²) in [6.07, 6.45) is -11.2. The molecule has 0 rings (SSSR count). The molecule has 144 valence electrons. The summed E-state index contributed by atoms with van der Waals surface area (Å²) in [4.78, 5) is 38.1. The third kappa shape index (κ3) is 28.5. The van der Waals surface area contributed by atoms with Crippen LogP contribution >= 0.6 is 0 Å². The van der Waals surface area contributed by atoms with Crippen molar-refractivity contribution in [2.45, 2.75) is 24.4 Å². The van der Waals surface area contributed by atoms with Crippen molar-refractivity contribution in [2.24, 2.45) is 0 Å². The Kier molecular flexibility index (Phi) is 64.8. The van der Waals surface area contributed by atoms with Crippen LogP contribution in [0.25, 0.3) is 0 Å². The van der Waals surface area contributed by atoms with Crippen LogP contribution in [0, 0.1) is 0 Å². The van der Waals surface area contributed by atoms with Gasteiger partial charge < -0.3 is 76.5 Å². The van der Waals surface area contributed by atoms with Gasteiger partial charge in [0.25, 0.3) is 0 Å². The van der Waals surface area contributed by atoms with E-state index < -0.39 is 48.3 Å². The van der Waals surface area contributed by atoms with Crippen LogP contribution in [0.3, 0.4) is 0 Å². The molecule has 0 bridgehead atoms. The quantitative estimate of drug-likeness (QED) is 0.238. The summed E-state index contributed by atoms with van der Waals surface area (Å²) >= 11 is 0. The molecule has 27 heavy (non-hydrogen) atoms. The van der Waals surface area contributed by atoms with Gasteiger partial charge in [-0.1, -0.05) is 24.4 Å². The van der Waals surface area contributed by atoms with E-state index in [1.54, 1.807) is 0 Å². The minimum absolute atomic E-state index is 0. The second-order valence-electron chi connectivity index (χ2n) is 2.96. The molecule has 0 aliphatic carbocycles. The molecular formula is C8H10K2O15Sb2. The molecule has 0 aliphatic rings. The minimum Gasteiger partial charge on any atom is -0.848 e. The van der Waals surface area contributed by atoms with E-state index in [-0.39, 0.29) is 168 Å². The van der Waals surface area contributed by atoms with Crippen molar-refractivity contribution in [3.63, 3.8) is 0 Å². The predicted octanol–water partition coefficient (Wildman–Crippen LogP) is -21.3. The summed E-state index contributed by atoms with van der Waals surface area (Å²) in [5, 5.41) is 78.0. The van der Waals surface area contributed by atoms with Crippen molar-refractivity contribution < 1.29 is 179 Å². The average Bonchev–Trinajstić information content (AvgIpc) is 2.35. The molecule has 0 aromatic rings. The summed E-state index contributed by atoms with van der Waals surface area (Å²) in [6.45, 7) is 0. The first-order chi connectivity index (χ1) is 8.93. The molecule has 0 unspecified atom stereocenters. The second kappa shape index (κ2) is 30.7. The Morgan fingerprint density at radius 2 is 0.519 bits per heavy atom. The van der Waals surface area contributed by atoms with E-state index in [9.17, 15) is 60.0 Å². The van der Waals surface area contributed by atoms with E-state index in [0.29, 0.717) is 0 Å². The topological polar surface area (TPSA) is 347 Å². The Balaban J connectivity index is -0.0000000272. The Morgan fingerprint density at radius 3 is 0.556 bits per heavy atom. The number of carboxylic acid groups (broad SMARTS) is 4. The number of carboxylic acids is 4. The van der Waals surface area contributed by atoms with E-state index in [2.05, 4.69) is 0 Å². The monoisotopic (exact) mass is 666 g/mol. The van der Waals surface area contributed by atoms with Crippen LogP contribution in [0.15, 0.2) is 0 Å². The summed E-state index contributed by atoms with van der Waals surface area (Å²) in [5.41, 5.74) is 0. The number of hydrogen-bond donors (Lipinski definition) is 0. The van der Waals surface area contributed by atoms with E-state index in [0.717, 1.165) is 0 Å². The maximum atomic E-state index is 9.97. The van der Waals surface area contributed by atoms with Crippen molar-refractivity contribution >= 4 is 72.7 Å². The van der Waals surface area contributed by atoms with Gasteiger partial charge in [-0.05, 0) is 0 Å². The van der Waals surface area contributed by atoms with Gasteiger partial charge in [-0.15, -0.1) is 0 Å². The van der Waals surface area contributed by atoms with Gasteiger partial charge in [0.1, 0.15) is 0 Å². The second-order valence-corrected chi connectivity index (χ2v) is 2.96. The van der Waals surface area contributed by atoms with E-state index in [4.69, 9.17) is 0 Å². The molecule has 4 atom stereocenters. The number of hydrogen-bond acceptors (Lipinski definition) is 12. The average molecular weight is 668 g/mol. The fraction of sp³-hybridized carbons (Fsp3) is 0.500. The molecular weight excluding hydrogens is 658 g/mol. The maximum absolute atomic E-state index is 9.97. The zero-order chi connectivity index (χ0) is 16.6. The fourth-order valence-corrected chi connectivity index (χ4v) is 0.494. The van der Waals surface area contributed by atoms with Gasteiger partial charge in [-0.2, -0.15) is 0 Å². The molecule has 0 aromatic carbocycles. The Bertz CT molecular complexity index is 326. The van der Waals surface area contributed by atoms with Gasteiger partial charge >= 0.3 is 152 Å². The summed E-state index contributed by atoms with van der Waals surface area (Å²) in [7, 11) is 0. The largest absolute Gasteiger partial charge is 3.00 e. The number of aliphatic carboxylic acids is 4. The van der Waals surface area contributed by atoms with E-state index in [1.807, 2.05) is 0 Å². The van der Waals surface area contributed by atoms with Gasteiger partial charge in [0.05, 0.1) is 0 Å². The molecule has 0 fully saturated rings. The van der Waals surface area contributed by atoms with E-state index >= 15 is 0 Å². The molecule has 0 aliphatic heterocycles. The van der Waals surface area contributed by atoms with Gasteiger partial charge in [0.2, 0.25) is 0 Å². The van der Waals surface area contributed by atoms with Gasteiger partial charge in [-0.25, -0.2) is 0 Å². The molecule has 4 radical (unpaired) electrons. The van der Waals surface area contributed by atoms with Crippen molar-refractivity contribution in [1.82, 2.24) is 0 Å². The first-order valence-electron chi connectivity index (χ1n) is 4.40. The molecule has 15 nitrogen and oxygen atoms in total. The molecule has 0 saturated heterocycles. The third-order valence-corrected chi connectivity index (χ3v) is 1.48. The molecule has 19 heteroatoms. The Labute approximate surface area is 271 Å². The molecule has 0 spiro atoms. The van der Waals surface area contributed by atoms with Crippen LogP contribution in [0.4, 0.5) is 0 Å². The Hall–Kier alpha value is 2.51. The van der Waals surface area contributed by atoms with Crippen LogP contribution in [0.1, 0.15) is 0 Å². The van der Waals surface area contributed by atoms with Crippen LogP contribution < -0.4 is 144 Å². The van der Waals surface area contributed by atoms with Gasteiger partial charge in [0, 0.05) is 23.9 Å². The predicted molar refractivity (Wildman–Crippen MR) is 57.5 cm³/mol. The molecule has 0 amide bonds. The zero-order valence-corrected chi connectivity index (χ0v) is 25.0.